The van der Waals surface area contributed by atoms with Gasteiger partial charge in [-0.05, 0) is 26.2 Å². The summed E-state index contributed by atoms with van der Waals surface area (Å²) in [6, 6.07) is 0. The Hall–Kier alpha value is -0.420. The molecule has 0 unspecified atom stereocenters. The lowest BCUT2D eigenvalue weighted by atomic mass is 10.0. The molecule has 118 valence electrons. The Morgan fingerprint density at radius 1 is 1.00 bits per heavy atom. The molecule has 0 heterocycles. The summed E-state index contributed by atoms with van der Waals surface area (Å²) < 4.78 is 0. The normalized spacial score (nSPS) is 21.1. The molecular formula is C16H30O4. The molecule has 1 aliphatic carbocycles. The van der Waals surface area contributed by atoms with Crippen LogP contribution >= 0.6 is 0 Å². The molecule has 1 saturated carbocycles. The Labute approximate surface area is 123 Å². The maximum atomic E-state index is 9.28. The van der Waals surface area contributed by atoms with Crippen LogP contribution in [-0.2, 0) is 14.7 Å². The van der Waals surface area contributed by atoms with E-state index in [-0.39, 0.29) is 0 Å². The van der Waals surface area contributed by atoms with Crippen molar-refractivity contribution in [3.63, 3.8) is 0 Å². The van der Waals surface area contributed by atoms with Gasteiger partial charge in [0, 0.05) is 12.8 Å². The molecule has 1 fully saturated rings. The van der Waals surface area contributed by atoms with Gasteiger partial charge in [0.05, 0.1) is 6.61 Å². The average molecular weight is 286 g/mol. The van der Waals surface area contributed by atoms with Crippen molar-refractivity contribution in [2.24, 2.45) is 0 Å². The summed E-state index contributed by atoms with van der Waals surface area (Å²) in [7, 11) is 0. The topological polar surface area (TPSA) is 47.9 Å². The molecule has 1 rings (SSSR count). The van der Waals surface area contributed by atoms with Crippen molar-refractivity contribution in [2.45, 2.75) is 83.3 Å². The third kappa shape index (κ3) is 7.39. The summed E-state index contributed by atoms with van der Waals surface area (Å²) in [6.45, 7) is 6.22. The van der Waals surface area contributed by atoms with Crippen LogP contribution in [0.3, 0.4) is 0 Å². The third-order valence-electron chi connectivity index (χ3n) is 3.85. The summed E-state index contributed by atoms with van der Waals surface area (Å²) in [5.74, 6) is -0.987. The van der Waals surface area contributed by atoms with Gasteiger partial charge in [0.25, 0.3) is 0 Å². The van der Waals surface area contributed by atoms with Crippen molar-refractivity contribution in [1.29, 1.82) is 0 Å². The molecule has 0 amide bonds. The minimum atomic E-state index is -0.987. The Bertz CT molecular complexity index is 253. The van der Waals surface area contributed by atoms with Crippen LogP contribution in [0.15, 0.2) is 12.2 Å². The van der Waals surface area contributed by atoms with E-state index in [2.05, 4.69) is 11.5 Å². The van der Waals surface area contributed by atoms with E-state index >= 15 is 0 Å². The molecule has 0 saturated heterocycles. The zero-order chi connectivity index (χ0) is 14.7. The van der Waals surface area contributed by atoms with Crippen LogP contribution in [0, 0.1) is 0 Å². The van der Waals surface area contributed by atoms with Crippen LogP contribution in [-0.4, -0.2) is 17.7 Å². The van der Waals surface area contributed by atoms with E-state index < -0.39 is 5.79 Å². The van der Waals surface area contributed by atoms with E-state index in [1.165, 1.54) is 25.7 Å². The molecule has 0 bridgehead atoms. The molecule has 0 aromatic rings. The molecule has 0 radical (unpaired) electrons. The van der Waals surface area contributed by atoms with E-state index in [1.807, 2.05) is 6.92 Å². The average Bonchev–Trinajstić information content (AvgIpc) is 2.49. The Balaban J connectivity index is 2.43. The minimum absolute atomic E-state index is 0.445. The van der Waals surface area contributed by atoms with Crippen molar-refractivity contribution in [3.05, 3.63) is 12.2 Å². The first-order valence-electron chi connectivity index (χ1n) is 7.96. The lowest BCUT2D eigenvalue weighted by molar-refractivity contribution is -0.503. The van der Waals surface area contributed by atoms with Crippen LogP contribution in [0.4, 0.5) is 0 Å². The zero-order valence-corrected chi connectivity index (χ0v) is 12.9. The molecule has 1 aliphatic rings. The molecule has 0 spiro atoms. The number of hydrogen-bond acceptors (Lipinski definition) is 4. The fourth-order valence-corrected chi connectivity index (χ4v) is 2.53. The number of rotatable bonds is 6. The fraction of sp³-hybridized carbons (Fsp3) is 0.875. The van der Waals surface area contributed by atoms with Gasteiger partial charge in [-0.1, -0.05) is 44.1 Å². The van der Waals surface area contributed by atoms with E-state index in [4.69, 9.17) is 9.78 Å². The second-order valence-electron chi connectivity index (χ2n) is 5.94. The summed E-state index contributed by atoms with van der Waals surface area (Å²) in [5, 5.41) is 9.28. The molecule has 1 N–H and O–H groups in total. The van der Waals surface area contributed by atoms with Crippen LogP contribution in [0.1, 0.15) is 77.6 Å². The maximum Gasteiger partial charge on any atom is 0.233 e. The second kappa shape index (κ2) is 10.3. The van der Waals surface area contributed by atoms with E-state index in [0.29, 0.717) is 19.4 Å². The van der Waals surface area contributed by atoms with Gasteiger partial charge in [-0.2, -0.15) is 4.89 Å². The highest BCUT2D eigenvalue weighted by Crippen LogP contribution is 2.29. The molecule has 0 aliphatic heterocycles. The van der Waals surface area contributed by atoms with Gasteiger partial charge < -0.3 is 0 Å². The molecule has 0 atom stereocenters. The maximum absolute atomic E-state index is 9.28. The van der Waals surface area contributed by atoms with Crippen LogP contribution < -0.4 is 0 Å². The monoisotopic (exact) mass is 286 g/mol. The predicted molar refractivity (Wildman–Crippen MR) is 79.1 cm³/mol. The van der Waals surface area contributed by atoms with Crippen molar-refractivity contribution in [2.75, 3.05) is 6.61 Å². The fourth-order valence-electron chi connectivity index (χ4n) is 2.53. The Kier molecular flexibility index (Phi) is 9.10. The second-order valence-corrected chi connectivity index (χ2v) is 5.94. The SMILES string of the molecule is C=C(C)CCOOC1(OO)CCCCCCCCCC1. The van der Waals surface area contributed by atoms with Crippen molar-refractivity contribution in [1.82, 2.24) is 0 Å². The number of hydrogen-bond donors (Lipinski definition) is 1. The van der Waals surface area contributed by atoms with Crippen molar-refractivity contribution in [3.8, 4) is 0 Å². The van der Waals surface area contributed by atoms with Crippen LogP contribution in [0.5, 0.6) is 0 Å². The van der Waals surface area contributed by atoms with Gasteiger partial charge in [-0.15, -0.1) is 6.58 Å². The summed E-state index contributed by atoms with van der Waals surface area (Å²) in [4.78, 5) is 15.4. The highest BCUT2D eigenvalue weighted by molar-refractivity contribution is 4.86. The molecule has 4 nitrogen and oxygen atoms in total. The molecule has 20 heavy (non-hydrogen) atoms. The highest BCUT2D eigenvalue weighted by Gasteiger charge is 2.33. The Morgan fingerprint density at radius 2 is 1.50 bits per heavy atom. The predicted octanol–water partition coefficient (Wildman–Crippen LogP) is 5.00. The van der Waals surface area contributed by atoms with Gasteiger partial charge in [0.2, 0.25) is 5.79 Å². The summed E-state index contributed by atoms with van der Waals surface area (Å²) >= 11 is 0. The smallest absolute Gasteiger partial charge is 0.233 e. The van der Waals surface area contributed by atoms with Crippen LogP contribution in [0.2, 0.25) is 0 Å². The summed E-state index contributed by atoms with van der Waals surface area (Å²) in [5.41, 5.74) is 1.05. The molecule has 4 heteroatoms. The van der Waals surface area contributed by atoms with E-state index in [0.717, 1.165) is 37.7 Å². The third-order valence-corrected chi connectivity index (χ3v) is 3.85. The van der Waals surface area contributed by atoms with Gasteiger partial charge in [0.1, 0.15) is 0 Å². The molecular weight excluding hydrogens is 256 g/mol. The van der Waals surface area contributed by atoms with Crippen LogP contribution in [0.25, 0.3) is 0 Å². The quantitative estimate of drug-likeness (QED) is 0.245. The first kappa shape index (κ1) is 17.6. The first-order chi connectivity index (χ1) is 9.68. The lowest BCUT2D eigenvalue weighted by Gasteiger charge is -2.28. The van der Waals surface area contributed by atoms with Gasteiger partial charge in [-0.25, -0.2) is 15.0 Å². The largest absolute Gasteiger partial charge is 0.249 e. The molecule has 0 aromatic carbocycles. The minimum Gasteiger partial charge on any atom is -0.249 e. The first-order valence-corrected chi connectivity index (χ1v) is 7.96. The van der Waals surface area contributed by atoms with Gasteiger partial charge >= 0.3 is 0 Å². The van der Waals surface area contributed by atoms with E-state index in [1.54, 1.807) is 0 Å². The van der Waals surface area contributed by atoms with Crippen molar-refractivity contribution >= 4 is 0 Å². The van der Waals surface area contributed by atoms with E-state index in [9.17, 15) is 5.26 Å². The standard InChI is InChI=1S/C16H30O4/c1-15(2)11-14-18-20-16(19-17)12-9-7-5-3-4-6-8-10-13-16/h17H,1,3-14H2,2H3. The van der Waals surface area contributed by atoms with Gasteiger partial charge in [0.15, 0.2) is 0 Å². The van der Waals surface area contributed by atoms with Crippen molar-refractivity contribution < 1.29 is 19.9 Å². The Morgan fingerprint density at radius 3 is 1.95 bits per heavy atom. The zero-order valence-electron chi connectivity index (χ0n) is 12.9. The summed E-state index contributed by atoms with van der Waals surface area (Å²) in [6.07, 6.45) is 11.5. The highest BCUT2D eigenvalue weighted by atomic mass is 17.3. The van der Waals surface area contributed by atoms with Gasteiger partial charge in [-0.3, -0.25) is 0 Å². The molecule has 0 aromatic heterocycles. The lowest BCUT2D eigenvalue weighted by Crippen LogP contribution is -2.35.